The first-order chi connectivity index (χ1) is 14.5. The summed E-state index contributed by atoms with van der Waals surface area (Å²) in [7, 11) is 0. The second-order valence-corrected chi connectivity index (χ2v) is 7.17. The number of primary amides is 1. The zero-order valence-electron chi connectivity index (χ0n) is 17.5. The van der Waals surface area contributed by atoms with E-state index in [1.54, 1.807) is 30.3 Å². The predicted octanol–water partition coefficient (Wildman–Crippen LogP) is -1.60. The van der Waals surface area contributed by atoms with Gasteiger partial charge in [-0.05, 0) is 25.8 Å². The number of amides is 4. The highest BCUT2D eigenvalue weighted by atomic mass is 16.4. The molecular weight excluding hydrogens is 406 g/mol. The van der Waals surface area contributed by atoms with Crippen molar-refractivity contribution in [2.75, 3.05) is 0 Å². The van der Waals surface area contributed by atoms with Crippen LogP contribution in [-0.2, 0) is 30.4 Å². The Kier molecular flexibility index (Phi) is 10.1. The highest BCUT2D eigenvalue weighted by Gasteiger charge is 2.28. The van der Waals surface area contributed by atoms with Crippen LogP contribution in [0.2, 0.25) is 0 Å². The molecule has 0 heterocycles. The Hall–Kier alpha value is -3.47. The topological polar surface area (TPSA) is 194 Å². The summed E-state index contributed by atoms with van der Waals surface area (Å²) >= 11 is 0. The molecular formula is C20H29N5O6. The molecule has 0 aliphatic rings. The van der Waals surface area contributed by atoms with Crippen molar-refractivity contribution in [1.29, 1.82) is 0 Å². The number of carbonyl (C=O) groups is 5. The molecule has 0 saturated heterocycles. The highest BCUT2D eigenvalue weighted by Crippen LogP contribution is 2.04. The van der Waals surface area contributed by atoms with E-state index in [-0.39, 0.29) is 19.3 Å². The third-order valence-corrected chi connectivity index (χ3v) is 4.38. The molecule has 4 amide bonds. The molecule has 170 valence electrons. The van der Waals surface area contributed by atoms with E-state index < -0.39 is 53.8 Å². The normalized spacial score (nSPS) is 14.4. The number of nitrogens with one attached hydrogen (secondary N) is 3. The quantitative estimate of drug-likeness (QED) is 0.227. The first-order valence-corrected chi connectivity index (χ1v) is 9.73. The number of rotatable bonds is 12. The monoisotopic (exact) mass is 435 g/mol. The maximum atomic E-state index is 12.5. The van der Waals surface area contributed by atoms with Crippen molar-refractivity contribution in [2.45, 2.75) is 57.3 Å². The first-order valence-electron chi connectivity index (χ1n) is 9.73. The van der Waals surface area contributed by atoms with Crippen LogP contribution in [0.5, 0.6) is 0 Å². The van der Waals surface area contributed by atoms with Crippen molar-refractivity contribution in [3.63, 3.8) is 0 Å². The molecule has 4 unspecified atom stereocenters. The lowest BCUT2D eigenvalue weighted by Gasteiger charge is -2.23. The average Bonchev–Trinajstić information content (AvgIpc) is 2.70. The van der Waals surface area contributed by atoms with Gasteiger partial charge in [-0.15, -0.1) is 0 Å². The average molecular weight is 435 g/mol. The van der Waals surface area contributed by atoms with E-state index in [0.717, 1.165) is 5.56 Å². The first kappa shape index (κ1) is 25.6. The molecule has 1 aromatic carbocycles. The summed E-state index contributed by atoms with van der Waals surface area (Å²) in [6.45, 7) is 2.79. The summed E-state index contributed by atoms with van der Waals surface area (Å²) in [5, 5.41) is 16.6. The van der Waals surface area contributed by atoms with E-state index in [1.165, 1.54) is 13.8 Å². The molecule has 0 aliphatic carbocycles. The van der Waals surface area contributed by atoms with Crippen molar-refractivity contribution in [1.82, 2.24) is 16.0 Å². The third-order valence-electron chi connectivity index (χ3n) is 4.38. The number of hydrogen-bond acceptors (Lipinski definition) is 6. The third kappa shape index (κ3) is 9.26. The van der Waals surface area contributed by atoms with Gasteiger partial charge in [-0.1, -0.05) is 30.3 Å². The maximum absolute atomic E-state index is 12.5. The van der Waals surface area contributed by atoms with Gasteiger partial charge in [-0.2, -0.15) is 0 Å². The molecule has 0 fully saturated rings. The molecule has 8 N–H and O–H groups in total. The van der Waals surface area contributed by atoms with Crippen LogP contribution in [0.4, 0.5) is 0 Å². The summed E-state index contributed by atoms with van der Waals surface area (Å²) in [5.74, 6) is -3.95. The molecule has 1 rings (SSSR count). The fourth-order valence-corrected chi connectivity index (χ4v) is 2.58. The Balaban J connectivity index is 2.76. The number of aliphatic carboxylic acids is 1. The molecule has 11 heteroatoms. The summed E-state index contributed by atoms with van der Waals surface area (Å²) in [6, 6.07) is 4.43. The van der Waals surface area contributed by atoms with Crippen LogP contribution in [0, 0.1) is 0 Å². The molecule has 0 radical (unpaired) electrons. The van der Waals surface area contributed by atoms with Gasteiger partial charge in [-0.25, -0.2) is 4.79 Å². The molecule has 0 spiro atoms. The van der Waals surface area contributed by atoms with Crippen LogP contribution < -0.4 is 27.4 Å². The van der Waals surface area contributed by atoms with Crippen molar-refractivity contribution in [2.24, 2.45) is 11.5 Å². The van der Waals surface area contributed by atoms with E-state index in [9.17, 15) is 29.1 Å². The number of benzene rings is 1. The van der Waals surface area contributed by atoms with Gasteiger partial charge in [-0.3, -0.25) is 19.2 Å². The van der Waals surface area contributed by atoms with E-state index in [0.29, 0.717) is 0 Å². The molecule has 1 aromatic rings. The van der Waals surface area contributed by atoms with E-state index in [1.807, 2.05) is 0 Å². The zero-order chi connectivity index (χ0) is 23.6. The minimum atomic E-state index is -1.22. The van der Waals surface area contributed by atoms with Crippen LogP contribution in [0.25, 0.3) is 0 Å². The SMILES string of the molecule is CC(N)C(=O)NC(CCC(N)=O)C(=O)NC(C)C(=O)NC(Cc1ccccc1)C(=O)O. The van der Waals surface area contributed by atoms with Crippen LogP contribution in [0.3, 0.4) is 0 Å². The minimum absolute atomic E-state index is 0.0638. The molecule has 0 bridgehead atoms. The Bertz CT molecular complexity index is 799. The van der Waals surface area contributed by atoms with Gasteiger partial charge in [0, 0.05) is 12.8 Å². The lowest BCUT2D eigenvalue weighted by molar-refractivity contribution is -0.142. The van der Waals surface area contributed by atoms with Crippen molar-refractivity contribution in [3.8, 4) is 0 Å². The van der Waals surface area contributed by atoms with Crippen LogP contribution in [0.1, 0.15) is 32.3 Å². The number of carboxylic acids is 1. The standard InChI is InChI=1S/C20H29N5O6/c1-11(21)17(27)24-14(8-9-16(22)26)19(29)23-12(2)18(28)25-15(20(30)31)10-13-6-4-3-5-7-13/h3-7,11-12,14-15H,8-10,21H2,1-2H3,(H2,22,26)(H,23,29)(H,24,27)(H,25,28)(H,30,31). The smallest absolute Gasteiger partial charge is 0.326 e. The summed E-state index contributed by atoms with van der Waals surface area (Å²) in [4.78, 5) is 59.4. The summed E-state index contributed by atoms with van der Waals surface area (Å²) < 4.78 is 0. The van der Waals surface area contributed by atoms with E-state index in [4.69, 9.17) is 11.5 Å². The minimum Gasteiger partial charge on any atom is -0.480 e. The van der Waals surface area contributed by atoms with Gasteiger partial charge in [0.15, 0.2) is 0 Å². The number of carbonyl (C=O) groups excluding carboxylic acids is 4. The lowest BCUT2D eigenvalue weighted by Crippen LogP contribution is -2.56. The molecule has 11 nitrogen and oxygen atoms in total. The fourth-order valence-electron chi connectivity index (χ4n) is 2.58. The van der Waals surface area contributed by atoms with Crippen molar-refractivity contribution in [3.05, 3.63) is 35.9 Å². The lowest BCUT2D eigenvalue weighted by atomic mass is 10.1. The summed E-state index contributed by atoms with van der Waals surface area (Å²) in [5.41, 5.74) is 11.3. The summed E-state index contributed by atoms with van der Waals surface area (Å²) in [6.07, 6.45) is -0.190. The zero-order valence-corrected chi connectivity index (χ0v) is 17.5. The predicted molar refractivity (Wildman–Crippen MR) is 111 cm³/mol. The Labute approximate surface area is 179 Å². The number of carboxylic acid groups (broad SMARTS) is 1. The van der Waals surface area contributed by atoms with Gasteiger partial charge < -0.3 is 32.5 Å². The van der Waals surface area contributed by atoms with E-state index >= 15 is 0 Å². The van der Waals surface area contributed by atoms with Gasteiger partial charge in [0.25, 0.3) is 0 Å². The number of hydrogen-bond donors (Lipinski definition) is 6. The fraction of sp³-hybridized carbons (Fsp3) is 0.450. The van der Waals surface area contributed by atoms with E-state index in [2.05, 4.69) is 16.0 Å². The molecule has 4 atom stereocenters. The second kappa shape index (κ2) is 12.3. The van der Waals surface area contributed by atoms with Crippen LogP contribution in [-0.4, -0.2) is 58.9 Å². The highest BCUT2D eigenvalue weighted by molar-refractivity contribution is 5.94. The molecule has 0 saturated carbocycles. The molecule has 31 heavy (non-hydrogen) atoms. The number of nitrogens with two attached hydrogens (primary N) is 2. The van der Waals surface area contributed by atoms with Gasteiger partial charge in [0.1, 0.15) is 18.1 Å². The Morgan fingerprint density at radius 2 is 1.48 bits per heavy atom. The Morgan fingerprint density at radius 3 is 2.00 bits per heavy atom. The largest absolute Gasteiger partial charge is 0.480 e. The van der Waals surface area contributed by atoms with Gasteiger partial charge >= 0.3 is 5.97 Å². The second-order valence-electron chi connectivity index (χ2n) is 7.17. The maximum Gasteiger partial charge on any atom is 0.326 e. The molecule has 0 aliphatic heterocycles. The Morgan fingerprint density at radius 1 is 0.903 bits per heavy atom. The van der Waals surface area contributed by atoms with Gasteiger partial charge in [0.2, 0.25) is 23.6 Å². The molecule has 0 aromatic heterocycles. The van der Waals surface area contributed by atoms with Crippen molar-refractivity contribution >= 4 is 29.6 Å². The van der Waals surface area contributed by atoms with Crippen LogP contribution in [0.15, 0.2) is 30.3 Å². The van der Waals surface area contributed by atoms with Crippen LogP contribution >= 0.6 is 0 Å². The van der Waals surface area contributed by atoms with Crippen molar-refractivity contribution < 1.29 is 29.1 Å². The van der Waals surface area contributed by atoms with Gasteiger partial charge in [0.05, 0.1) is 6.04 Å².